The summed E-state index contributed by atoms with van der Waals surface area (Å²) in [4.78, 5) is 42.8. The highest BCUT2D eigenvalue weighted by molar-refractivity contribution is 6.03. The van der Waals surface area contributed by atoms with Crippen LogP contribution in [0.1, 0.15) is 52.5 Å². The third kappa shape index (κ3) is 6.71. The maximum Gasteiger partial charge on any atom is 0.247 e. The van der Waals surface area contributed by atoms with Crippen LogP contribution in [0.3, 0.4) is 0 Å². The van der Waals surface area contributed by atoms with E-state index >= 15 is 0 Å². The van der Waals surface area contributed by atoms with Crippen molar-refractivity contribution in [2.24, 2.45) is 23.5 Å². The van der Waals surface area contributed by atoms with Crippen molar-refractivity contribution in [1.29, 1.82) is 0 Å². The van der Waals surface area contributed by atoms with E-state index in [0.29, 0.717) is 25.9 Å². The monoisotopic (exact) mass is 494 g/mol. The number of imide groups is 1. The highest BCUT2D eigenvalue weighted by Gasteiger charge is 2.42. The summed E-state index contributed by atoms with van der Waals surface area (Å²) in [7, 11) is 0. The van der Waals surface area contributed by atoms with Crippen LogP contribution >= 0.6 is 0 Å². The van der Waals surface area contributed by atoms with Gasteiger partial charge in [0.05, 0.1) is 6.04 Å². The molecule has 4 N–H and O–H groups in total. The normalized spacial score (nSPS) is 16.6. The van der Waals surface area contributed by atoms with Gasteiger partial charge in [0.15, 0.2) is 0 Å². The van der Waals surface area contributed by atoms with Gasteiger partial charge in [0, 0.05) is 18.9 Å². The minimum absolute atomic E-state index is 0.0333. The van der Waals surface area contributed by atoms with Crippen LogP contribution in [0.5, 0.6) is 0 Å². The van der Waals surface area contributed by atoms with E-state index in [0.717, 1.165) is 29.3 Å². The summed E-state index contributed by atoms with van der Waals surface area (Å²) in [5, 5.41) is 8.32. The largest absolute Gasteiger partial charge is 0.354 e. The zero-order valence-electron chi connectivity index (χ0n) is 22.1. The Kier molecular flexibility index (Phi) is 10.0. The number of benzene rings is 2. The molecule has 0 bridgehead atoms. The second-order valence-corrected chi connectivity index (χ2v) is 10.5. The minimum atomic E-state index is -0.939. The number of hydrogen-bond acceptors (Lipinski definition) is 5. The van der Waals surface area contributed by atoms with Gasteiger partial charge in [0.1, 0.15) is 6.04 Å². The van der Waals surface area contributed by atoms with Crippen LogP contribution in [0.25, 0.3) is 10.8 Å². The van der Waals surface area contributed by atoms with Crippen LogP contribution in [0.4, 0.5) is 0 Å². The molecule has 7 nitrogen and oxygen atoms in total. The summed E-state index contributed by atoms with van der Waals surface area (Å²) in [6.07, 6.45) is 2.41. The number of fused-ring (bicyclic) bond motifs is 1. The molecular weight excluding hydrogens is 452 g/mol. The second-order valence-electron chi connectivity index (χ2n) is 10.5. The Labute approximate surface area is 215 Å². The predicted molar refractivity (Wildman–Crippen MR) is 144 cm³/mol. The van der Waals surface area contributed by atoms with Crippen molar-refractivity contribution in [3.05, 3.63) is 48.0 Å². The van der Waals surface area contributed by atoms with Gasteiger partial charge in [-0.15, -0.1) is 0 Å². The van der Waals surface area contributed by atoms with E-state index in [9.17, 15) is 14.4 Å². The Morgan fingerprint density at radius 2 is 1.75 bits per heavy atom. The molecule has 0 aliphatic carbocycles. The summed E-state index contributed by atoms with van der Waals surface area (Å²) in [5.41, 5.74) is 6.54. The summed E-state index contributed by atoms with van der Waals surface area (Å²) in [6.45, 7) is 9.58. The molecule has 36 heavy (non-hydrogen) atoms. The average molecular weight is 495 g/mol. The number of nitrogens with zero attached hydrogens (tertiary/aromatic N) is 1. The number of rotatable bonds is 11. The van der Waals surface area contributed by atoms with E-state index < -0.39 is 12.1 Å². The molecular formula is C29H42N4O3. The van der Waals surface area contributed by atoms with Crippen molar-refractivity contribution >= 4 is 28.5 Å². The molecule has 2 atom stereocenters. The molecule has 0 spiro atoms. The molecule has 2 aromatic carbocycles. The maximum absolute atomic E-state index is 14.1. The van der Waals surface area contributed by atoms with E-state index in [1.54, 1.807) is 0 Å². The Morgan fingerprint density at radius 3 is 2.36 bits per heavy atom. The number of carbonyl (C=O) groups is 3. The smallest absolute Gasteiger partial charge is 0.247 e. The van der Waals surface area contributed by atoms with Crippen molar-refractivity contribution < 1.29 is 14.4 Å². The molecule has 0 unspecified atom stereocenters. The number of carbonyl (C=O) groups excluding carboxylic acids is 3. The van der Waals surface area contributed by atoms with Gasteiger partial charge in [0.2, 0.25) is 17.7 Å². The van der Waals surface area contributed by atoms with Crippen molar-refractivity contribution in [2.45, 2.75) is 65.5 Å². The fourth-order valence-corrected chi connectivity index (χ4v) is 5.30. The summed E-state index contributed by atoms with van der Waals surface area (Å²) >= 11 is 0. The molecule has 1 fully saturated rings. The predicted octanol–water partition coefficient (Wildman–Crippen LogP) is 3.25. The van der Waals surface area contributed by atoms with Crippen LogP contribution in [-0.4, -0.2) is 54.3 Å². The lowest BCUT2D eigenvalue weighted by Crippen LogP contribution is -2.59. The maximum atomic E-state index is 14.1. The SMILES string of the molecule is CC(C)C(C(=O)N(C(=O)[C@@H]1CCCN1)[C@H](Cc1ccc2ccccc2c1)C(=O)NCCCN)C(C)C. The molecule has 1 aliphatic rings. The van der Waals surface area contributed by atoms with Gasteiger partial charge >= 0.3 is 0 Å². The van der Waals surface area contributed by atoms with Crippen LogP contribution < -0.4 is 16.4 Å². The fraction of sp³-hybridized carbons (Fsp3) is 0.552. The first-order valence-electron chi connectivity index (χ1n) is 13.3. The first-order chi connectivity index (χ1) is 17.2. The van der Waals surface area contributed by atoms with Gasteiger partial charge in [-0.3, -0.25) is 19.3 Å². The number of nitrogens with one attached hydrogen (secondary N) is 2. The van der Waals surface area contributed by atoms with Gasteiger partial charge in [-0.25, -0.2) is 0 Å². The molecule has 3 rings (SSSR count). The van der Waals surface area contributed by atoms with Crippen LogP contribution in [0.2, 0.25) is 0 Å². The van der Waals surface area contributed by atoms with E-state index in [1.807, 2.05) is 70.2 Å². The fourth-order valence-electron chi connectivity index (χ4n) is 5.30. The molecule has 7 heteroatoms. The molecule has 1 aliphatic heterocycles. The van der Waals surface area contributed by atoms with E-state index in [2.05, 4.69) is 10.6 Å². The third-order valence-electron chi connectivity index (χ3n) is 7.09. The van der Waals surface area contributed by atoms with Crippen LogP contribution in [0.15, 0.2) is 42.5 Å². The van der Waals surface area contributed by atoms with E-state index in [4.69, 9.17) is 5.73 Å². The van der Waals surface area contributed by atoms with Crippen molar-refractivity contribution in [1.82, 2.24) is 15.5 Å². The second kappa shape index (κ2) is 13.0. The standard InChI is InChI=1S/C29H42N4O3/c1-19(2)26(20(3)4)29(36)33(28(35)24-11-7-15-31-24)25(27(34)32-16-8-14-30)18-21-12-13-22-9-5-6-10-23(22)17-21/h5-6,9-10,12-13,17,19-20,24-26,31H,7-8,11,14-16,18,30H2,1-4H3,(H,32,34)/t24-,25+/m0/s1. The van der Waals surface area contributed by atoms with E-state index in [1.165, 1.54) is 4.90 Å². The first kappa shape index (κ1) is 27.8. The van der Waals surface area contributed by atoms with Gasteiger partial charge in [-0.05, 0) is 60.5 Å². The summed E-state index contributed by atoms with van der Waals surface area (Å²) in [6, 6.07) is 12.7. The van der Waals surface area contributed by atoms with Crippen molar-refractivity contribution in [3.63, 3.8) is 0 Å². The van der Waals surface area contributed by atoms with Crippen molar-refractivity contribution in [3.8, 4) is 0 Å². The molecule has 2 aromatic rings. The molecule has 3 amide bonds. The third-order valence-corrected chi connectivity index (χ3v) is 7.09. The zero-order valence-corrected chi connectivity index (χ0v) is 22.1. The lowest BCUT2D eigenvalue weighted by atomic mass is 9.83. The van der Waals surface area contributed by atoms with Gasteiger partial charge in [-0.2, -0.15) is 0 Å². The minimum Gasteiger partial charge on any atom is -0.354 e. The lowest BCUT2D eigenvalue weighted by Gasteiger charge is -2.36. The average Bonchev–Trinajstić information content (AvgIpc) is 3.38. The molecule has 1 saturated heterocycles. The Bertz CT molecular complexity index is 1040. The molecule has 1 heterocycles. The first-order valence-corrected chi connectivity index (χ1v) is 13.3. The van der Waals surface area contributed by atoms with Crippen molar-refractivity contribution in [2.75, 3.05) is 19.6 Å². The molecule has 0 aromatic heterocycles. The van der Waals surface area contributed by atoms with Crippen LogP contribution in [-0.2, 0) is 20.8 Å². The van der Waals surface area contributed by atoms with Gasteiger partial charge < -0.3 is 16.4 Å². The number of amides is 3. The number of nitrogens with two attached hydrogens (primary N) is 1. The van der Waals surface area contributed by atoms with Gasteiger partial charge in [-0.1, -0.05) is 70.2 Å². The Balaban J connectivity index is 2.04. The highest BCUT2D eigenvalue weighted by atomic mass is 16.2. The lowest BCUT2D eigenvalue weighted by molar-refractivity contribution is -0.157. The zero-order chi connectivity index (χ0) is 26.2. The summed E-state index contributed by atoms with van der Waals surface area (Å²) < 4.78 is 0. The van der Waals surface area contributed by atoms with Crippen LogP contribution in [0, 0.1) is 17.8 Å². The number of hydrogen-bond donors (Lipinski definition) is 3. The summed E-state index contributed by atoms with van der Waals surface area (Å²) in [5.74, 6) is -1.19. The molecule has 0 radical (unpaired) electrons. The highest BCUT2D eigenvalue weighted by Crippen LogP contribution is 2.27. The molecule has 0 saturated carbocycles. The Morgan fingerprint density at radius 1 is 1.06 bits per heavy atom. The Hall–Kier alpha value is -2.77. The quantitative estimate of drug-likeness (QED) is 0.416. The van der Waals surface area contributed by atoms with E-state index in [-0.39, 0.29) is 41.9 Å². The molecule has 196 valence electrons. The topological polar surface area (TPSA) is 105 Å². The van der Waals surface area contributed by atoms with Gasteiger partial charge in [0.25, 0.3) is 0 Å².